The normalized spacial score (nSPS) is 22.7. The topological polar surface area (TPSA) is 156 Å². The fourth-order valence-corrected chi connectivity index (χ4v) is 4.57. The molecule has 1 aliphatic rings. The largest absolute Gasteiger partial charge is 0.495 e. The summed E-state index contributed by atoms with van der Waals surface area (Å²) in [5.41, 5.74) is 0.378. The Morgan fingerprint density at radius 2 is 1.64 bits per heavy atom. The van der Waals surface area contributed by atoms with E-state index in [9.17, 15) is 24.9 Å². The number of amides is 2. The third-order valence-electron chi connectivity index (χ3n) is 6.31. The van der Waals surface area contributed by atoms with Crippen molar-refractivity contribution in [2.24, 2.45) is 0 Å². The molecule has 1 heterocycles. The number of methoxy groups -OCH3 is 2. The lowest BCUT2D eigenvalue weighted by atomic mass is 9.96. The Bertz CT molecular complexity index is 1370. The first-order valence-corrected chi connectivity index (χ1v) is 12.4. The van der Waals surface area contributed by atoms with Crippen LogP contribution in [-0.2, 0) is 9.53 Å². The third-order valence-corrected chi connectivity index (χ3v) is 6.60. The molecule has 1 aliphatic heterocycles. The van der Waals surface area contributed by atoms with Crippen LogP contribution >= 0.6 is 11.6 Å². The van der Waals surface area contributed by atoms with Crippen molar-refractivity contribution in [2.75, 3.05) is 26.1 Å². The molecule has 0 unspecified atom stereocenters. The van der Waals surface area contributed by atoms with Crippen molar-refractivity contribution in [3.63, 3.8) is 0 Å². The molecule has 0 spiro atoms. The molecular weight excluding hydrogens is 532 g/mol. The summed E-state index contributed by atoms with van der Waals surface area (Å²) in [5, 5.41) is 37.7. The van der Waals surface area contributed by atoms with Crippen LogP contribution in [0.3, 0.4) is 0 Å². The second-order valence-electron chi connectivity index (χ2n) is 8.89. The smallest absolute Gasteiger partial charge is 0.259 e. The molecule has 5 atom stereocenters. The highest BCUT2D eigenvalue weighted by atomic mass is 35.5. The Kier molecular flexibility index (Phi) is 8.78. The highest BCUT2D eigenvalue weighted by Crippen LogP contribution is 2.37. The predicted molar refractivity (Wildman–Crippen MR) is 142 cm³/mol. The first-order chi connectivity index (χ1) is 18.7. The van der Waals surface area contributed by atoms with Gasteiger partial charge in [-0.1, -0.05) is 35.9 Å². The number of hydrogen-bond acceptors (Lipinski definition) is 9. The lowest BCUT2D eigenvalue weighted by Gasteiger charge is -2.42. The van der Waals surface area contributed by atoms with Crippen LogP contribution in [-0.4, -0.2) is 78.6 Å². The second-order valence-corrected chi connectivity index (χ2v) is 9.29. The molecule has 3 aromatic carbocycles. The highest BCUT2D eigenvalue weighted by Gasteiger charge is 2.46. The first kappa shape index (κ1) is 28.4. The maximum absolute atomic E-state index is 13.6. The van der Waals surface area contributed by atoms with E-state index in [1.807, 2.05) is 24.3 Å². The number of halogens is 1. The Hall–Kier alpha value is -3.61. The zero-order valence-electron chi connectivity index (χ0n) is 21.4. The number of nitrogens with one attached hydrogen (secondary N) is 2. The third kappa shape index (κ3) is 6.02. The minimum absolute atomic E-state index is 0.0618. The number of carbonyl (C=O) groups excluding carboxylic acids is 2. The van der Waals surface area contributed by atoms with Gasteiger partial charge in [0, 0.05) is 19.1 Å². The second kappa shape index (κ2) is 12.1. The van der Waals surface area contributed by atoms with Crippen LogP contribution in [0, 0.1) is 0 Å². The standard InChI is InChI=1S/C27H29ClN2O9/c1-13(32)29-23-25(34)24(33)22(12-31)39-27(23)38-19-9-15-7-5-4-6-14(15)8-16(19)26(35)30-18-11-20(36-2)17(28)10-21(18)37-3/h4-11,22-25,27,31,33-34H,12H2,1-3H3,(H,29,32)(H,30,35)/t22-,23-,24-,25-,27-/m1/s1. The molecule has 2 amide bonds. The maximum atomic E-state index is 13.6. The van der Waals surface area contributed by atoms with E-state index in [-0.39, 0.29) is 17.0 Å². The van der Waals surface area contributed by atoms with Gasteiger partial charge < -0.3 is 44.9 Å². The van der Waals surface area contributed by atoms with Gasteiger partial charge in [0.15, 0.2) is 0 Å². The molecule has 0 saturated carbocycles. The lowest BCUT2D eigenvalue weighted by Crippen LogP contribution is -2.65. The van der Waals surface area contributed by atoms with Crippen molar-refractivity contribution in [1.29, 1.82) is 0 Å². The summed E-state index contributed by atoms with van der Waals surface area (Å²) in [4.78, 5) is 25.5. The van der Waals surface area contributed by atoms with E-state index < -0.39 is 49.1 Å². The van der Waals surface area contributed by atoms with Gasteiger partial charge in [-0.3, -0.25) is 9.59 Å². The van der Waals surface area contributed by atoms with E-state index in [0.29, 0.717) is 16.5 Å². The zero-order valence-corrected chi connectivity index (χ0v) is 22.1. The molecule has 1 saturated heterocycles. The average Bonchev–Trinajstić information content (AvgIpc) is 2.92. The monoisotopic (exact) mass is 560 g/mol. The summed E-state index contributed by atoms with van der Waals surface area (Å²) >= 11 is 6.19. The van der Waals surface area contributed by atoms with Gasteiger partial charge in [0.05, 0.1) is 37.1 Å². The molecule has 3 aromatic rings. The van der Waals surface area contributed by atoms with Gasteiger partial charge in [0.25, 0.3) is 5.91 Å². The molecular formula is C27H29ClN2O9. The molecule has 12 heteroatoms. The zero-order chi connectivity index (χ0) is 28.3. The van der Waals surface area contributed by atoms with E-state index in [1.54, 1.807) is 12.1 Å². The van der Waals surface area contributed by atoms with Crippen LogP contribution in [0.1, 0.15) is 17.3 Å². The van der Waals surface area contributed by atoms with Crippen LogP contribution in [0.4, 0.5) is 5.69 Å². The fourth-order valence-electron chi connectivity index (χ4n) is 4.34. The van der Waals surface area contributed by atoms with E-state index in [1.165, 1.54) is 33.3 Å². The van der Waals surface area contributed by atoms with E-state index in [0.717, 1.165) is 10.8 Å². The van der Waals surface area contributed by atoms with Crippen LogP contribution in [0.5, 0.6) is 17.2 Å². The minimum Gasteiger partial charge on any atom is -0.495 e. The van der Waals surface area contributed by atoms with Crippen molar-refractivity contribution < 1.29 is 43.9 Å². The molecule has 5 N–H and O–H groups in total. The number of hydrogen-bond donors (Lipinski definition) is 5. The summed E-state index contributed by atoms with van der Waals surface area (Å²) in [5.74, 6) is -0.414. The number of fused-ring (bicyclic) bond motifs is 1. The van der Waals surface area contributed by atoms with Crippen LogP contribution in [0.25, 0.3) is 10.8 Å². The van der Waals surface area contributed by atoms with Crippen molar-refractivity contribution >= 4 is 39.9 Å². The van der Waals surface area contributed by atoms with Gasteiger partial charge in [-0.15, -0.1) is 0 Å². The molecule has 1 fully saturated rings. The SMILES string of the molecule is COc1cc(NC(=O)c2cc3ccccc3cc2O[C@@H]2O[C@H](CO)[C@@H](O)[C@H](O)[C@H]2NC(C)=O)c(OC)cc1Cl. The Labute approximate surface area is 229 Å². The molecule has 11 nitrogen and oxygen atoms in total. The predicted octanol–water partition coefficient (Wildman–Crippen LogP) is 2.09. The molecule has 0 aromatic heterocycles. The first-order valence-electron chi connectivity index (χ1n) is 12.0. The highest BCUT2D eigenvalue weighted by molar-refractivity contribution is 6.32. The molecule has 0 radical (unpaired) electrons. The van der Waals surface area contributed by atoms with Crippen molar-refractivity contribution in [1.82, 2.24) is 5.32 Å². The summed E-state index contributed by atoms with van der Waals surface area (Å²) in [6.07, 6.45) is -5.56. The summed E-state index contributed by atoms with van der Waals surface area (Å²) in [7, 11) is 2.87. The maximum Gasteiger partial charge on any atom is 0.259 e. The number of rotatable bonds is 8. The van der Waals surface area contributed by atoms with E-state index >= 15 is 0 Å². The van der Waals surface area contributed by atoms with Gasteiger partial charge in [-0.2, -0.15) is 0 Å². The number of anilines is 1. The summed E-state index contributed by atoms with van der Waals surface area (Å²) in [6, 6.07) is 12.3. The Morgan fingerprint density at radius 1 is 0.974 bits per heavy atom. The van der Waals surface area contributed by atoms with Crippen molar-refractivity contribution in [2.45, 2.75) is 37.6 Å². The van der Waals surface area contributed by atoms with Crippen LogP contribution in [0.2, 0.25) is 5.02 Å². The number of benzene rings is 3. The molecule has 4 rings (SSSR count). The van der Waals surface area contributed by atoms with Gasteiger partial charge in [-0.25, -0.2) is 0 Å². The Balaban J connectivity index is 1.75. The van der Waals surface area contributed by atoms with Crippen LogP contribution < -0.4 is 24.8 Å². The molecule has 208 valence electrons. The molecule has 0 aliphatic carbocycles. The van der Waals surface area contributed by atoms with E-state index in [2.05, 4.69) is 10.6 Å². The van der Waals surface area contributed by atoms with Crippen molar-refractivity contribution in [3.05, 3.63) is 59.1 Å². The summed E-state index contributed by atoms with van der Waals surface area (Å²) in [6.45, 7) is 0.616. The van der Waals surface area contributed by atoms with Crippen molar-refractivity contribution in [3.8, 4) is 17.2 Å². The number of ether oxygens (including phenoxy) is 4. The fraction of sp³-hybridized carbons (Fsp3) is 0.333. The van der Waals surface area contributed by atoms with Gasteiger partial charge >= 0.3 is 0 Å². The molecule has 39 heavy (non-hydrogen) atoms. The Morgan fingerprint density at radius 3 is 2.26 bits per heavy atom. The van der Waals surface area contributed by atoms with Gasteiger partial charge in [0.2, 0.25) is 12.2 Å². The number of aliphatic hydroxyl groups is 3. The molecule has 0 bridgehead atoms. The van der Waals surface area contributed by atoms with Crippen LogP contribution in [0.15, 0.2) is 48.5 Å². The van der Waals surface area contributed by atoms with Gasteiger partial charge in [-0.05, 0) is 22.9 Å². The quantitative estimate of drug-likeness (QED) is 0.278. The summed E-state index contributed by atoms with van der Waals surface area (Å²) < 4.78 is 22.4. The number of aliphatic hydroxyl groups excluding tert-OH is 3. The number of carbonyl (C=O) groups is 2. The van der Waals surface area contributed by atoms with E-state index in [4.69, 9.17) is 30.5 Å². The minimum atomic E-state index is -1.52. The van der Waals surface area contributed by atoms with Gasteiger partial charge in [0.1, 0.15) is 41.6 Å². The average molecular weight is 561 g/mol. The lowest BCUT2D eigenvalue weighted by molar-refractivity contribution is -0.244.